The summed E-state index contributed by atoms with van der Waals surface area (Å²) in [6.07, 6.45) is 0. The van der Waals surface area contributed by atoms with Crippen LogP contribution in [0.25, 0.3) is 31.6 Å². The second-order valence-corrected chi connectivity index (χ2v) is 6.04. The summed E-state index contributed by atoms with van der Waals surface area (Å²) in [5.74, 6) is 0.743. The van der Waals surface area contributed by atoms with Gasteiger partial charge >= 0.3 is 0 Å². The van der Waals surface area contributed by atoms with Gasteiger partial charge in [0.1, 0.15) is 11.4 Å². The lowest BCUT2D eigenvalue weighted by Gasteiger charge is -2.03. The maximum atomic E-state index is 12.4. The van der Waals surface area contributed by atoms with Crippen LogP contribution in [0.5, 0.6) is 5.75 Å². The van der Waals surface area contributed by atoms with Crippen molar-refractivity contribution in [3.8, 4) is 16.3 Å². The van der Waals surface area contributed by atoms with Crippen molar-refractivity contribution in [3.63, 3.8) is 0 Å². The Morgan fingerprint density at radius 3 is 2.82 bits per heavy atom. The van der Waals surface area contributed by atoms with E-state index in [4.69, 9.17) is 4.74 Å². The minimum Gasteiger partial charge on any atom is -0.497 e. The molecule has 0 bridgehead atoms. The van der Waals surface area contributed by atoms with Crippen molar-refractivity contribution in [1.82, 2.24) is 10.2 Å². The van der Waals surface area contributed by atoms with Crippen molar-refractivity contribution in [2.45, 2.75) is 0 Å². The monoisotopic (exact) mass is 308 g/mol. The number of aromatic amines is 1. The lowest BCUT2D eigenvalue weighted by molar-refractivity contribution is 0.415. The van der Waals surface area contributed by atoms with Crippen LogP contribution in [0.1, 0.15) is 0 Å². The number of para-hydroxylation sites is 1. The number of aromatic nitrogens is 2. The van der Waals surface area contributed by atoms with Gasteiger partial charge in [0, 0.05) is 21.5 Å². The third-order valence-electron chi connectivity index (χ3n) is 3.64. The molecule has 0 aliphatic carbocycles. The van der Waals surface area contributed by atoms with Gasteiger partial charge < -0.3 is 4.74 Å². The number of hydrogen-bond donors (Lipinski definition) is 1. The lowest BCUT2D eigenvalue weighted by Crippen LogP contribution is -1.99. The normalized spacial score (nSPS) is 11.1. The van der Waals surface area contributed by atoms with E-state index in [9.17, 15) is 4.79 Å². The van der Waals surface area contributed by atoms with Gasteiger partial charge in [0.25, 0.3) is 0 Å². The van der Waals surface area contributed by atoms with Gasteiger partial charge in [-0.05, 0) is 24.3 Å². The van der Waals surface area contributed by atoms with Gasteiger partial charge in [-0.25, -0.2) is 0 Å². The highest BCUT2D eigenvalue weighted by molar-refractivity contribution is 7.21. The molecule has 2 aromatic carbocycles. The first kappa shape index (κ1) is 13.0. The van der Waals surface area contributed by atoms with Crippen LogP contribution in [-0.4, -0.2) is 17.3 Å². The van der Waals surface area contributed by atoms with Gasteiger partial charge in [-0.15, -0.1) is 11.3 Å². The lowest BCUT2D eigenvalue weighted by atomic mass is 10.2. The maximum Gasteiger partial charge on any atom is 0.188 e. The van der Waals surface area contributed by atoms with Crippen molar-refractivity contribution < 1.29 is 4.74 Å². The molecule has 0 spiro atoms. The van der Waals surface area contributed by atoms with E-state index in [0.717, 1.165) is 31.9 Å². The molecule has 5 heteroatoms. The molecule has 108 valence electrons. The smallest absolute Gasteiger partial charge is 0.188 e. The summed E-state index contributed by atoms with van der Waals surface area (Å²) in [4.78, 5) is 13.2. The SMILES string of the molecule is COc1ccc2c(=O)cc(-c3n[nH]c4ccccc34)sc2c1. The van der Waals surface area contributed by atoms with E-state index >= 15 is 0 Å². The fraction of sp³-hybridized carbons (Fsp3) is 0.0588. The topological polar surface area (TPSA) is 55.0 Å². The summed E-state index contributed by atoms with van der Waals surface area (Å²) in [5.41, 5.74) is 1.77. The average molecular weight is 308 g/mol. The zero-order chi connectivity index (χ0) is 15.1. The van der Waals surface area contributed by atoms with Crippen molar-refractivity contribution >= 4 is 32.3 Å². The Balaban J connectivity index is 2.01. The molecule has 0 saturated heterocycles. The molecule has 0 atom stereocenters. The van der Waals surface area contributed by atoms with Gasteiger partial charge in [0.15, 0.2) is 5.43 Å². The van der Waals surface area contributed by atoms with Crippen LogP contribution in [0.2, 0.25) is 0 Å². The van der Waals surface area contributed by atoms with Gasteiger partial charge in [-0.3, -0.25) is 9.89 Å². The first-order valence-corrected chi connectivity index (χ1v) is 7.63. The van der Waals surface area contributed by atoms with Crippen LogP contribution in [-0.2, 0) is 0 Å². The fourth-order valence-corrected chi connectivity index (χ4v) is 3.64. The van der Waals surface area contributed by atoms with E-state index in [-0.39, 0.29) is 5.43 Å². The summed E-state index contributed by atoms with van der Waals surface area (Å²) < 4.78 is 6.14. The summed E-state index contributed by atoms with van der Waals surface area (Å²) in [7, 11) is 1.62. The Kier molecular flexibility index (Phi) is 2.94. The van der Waals surface area contributed by atoms with E-state index in [0.29, 0.717) is 5.39 Å². The minimum absolute atomic E-state index is 0.00140. The Hall–Kier alpha value is -2.66. The van der Waals surface area contributed by atoms with Crippen molar-refractivity contribution in [2.75, 3.05) is 7.11 Å². The van der Waals surface area contributed by atoms with E-state index in [1.165, 1.54) is 0 Å². The van der Waals surface area contributed by atoms with E-state index < -0.39 is 0 Å². The Morgan fingerprint density at radius 1 is 1.09 bits per heavy atom. The number of ether oxygens (including phenoxy) is 1. The summed E-state index contributed by atoms with van der Waals surface area (Å²) in [5, 5.41) is 9.10. The van der Waals surface area contributed by atoms with Gasteiger partial charge in [-0.2, -0.15) is 5.10 Å². The molecular weight excluding hydrogens is 296 g/mol. The van der Waals surface area contributed by atoms with Crippen LogP contribution in [0.3, 0.4) is 0 Å². The molecule has 0 aliphatic heterocycles. The second kappa shape index (κ2) is 4.96. The highest BCUT2D eigenvalue weighted by Gasteiger charge is 2.11. The number of rotatable bonds is 2. The first-order valence-electron chi connectivity index (χ1n) is 6.81. The number of nitrogens with zero attached hydrogens (tertiary/aromatic N) is 1. The van der Waals surface area contributed by atoms with Crippen molar-refractivity contribution in [3.05, 3.63) is 58.8 Å². The number of methoxy groups -OCH3 is 1. The molecule has 4 aromatic rings. The van der Waals surface area contributed by atoms with Crippen LogP contribution in [0.4, 0.5) is 0 Å². The van der Waals surface area contributed by atoms with Gasteiger partial charge in [0.2, 0.25) is 0 Å². The third-order valence-corrected chi connectivity index (χ3v) is 4.73. The van der Waals surface area contributed by atoms with E-state index in [1.807, 2.05) is 30.3 Å². The number of fused-ring (bicyclic) bond motifs is 2. The molecule has 2 heterocycles. The molecule has 0 aliphatic rings. The van der Waals surface area contributed by atoms with Crippen molar-refractivity contribution in [2.24, 2.45) is 0 Å². The van der Waals surface area contributed by atoms with E-state index in [2.05, 4.69) is 10.2 Å². The number of benzene rings is 2. The largest absolute Gasteiger partial charge is 0.497 e. The molecule has 4 rings (SSSR count). The Bertz CT molecular complexity index is 1050. The van der Waals surface area contributed by atoms with E-state index in [1.54, 1.807) is 36.6 Å². The molecule has 2 aromatic heterocycles. The zero-order valence-corrected chi connectivity index (χ0v) is 12.6. The molecule has 0 fully saturated rings. The summed E-state index contributed by atoms with van der Waals surface area (Å²) in [6.45, 7) is 0. The standard InChI is InChI=1S/C17H12N2O2S/c1-21-10-6-7-12-14(20)9-16(22-15(12)8-10)17-11-4-2-3-5-13(11)18-19-17/h2-9H,1H3,(H,18,19). The molecule has 0 radical (unpaired) electrons. The predicted molar refractivity (Wildman–Crippen MR) is 89.7 cm³/mol. The second-order valence-electron chi connectivity index (χ2n) is 4.95. The van der Waals surface area contributed by atoms with Crippen LogP contribution in [0.15, 0.2) is 53.3 Å². The molecular formula is C17H12N2O2S. The zero-order valence-electron chi connectivity index (χ0n) is 11.8. The van der Waals surface area contributed by atoms with Gasteiger partial charge in [0.05, 0.1) is 17.5 Å². The molecule has 22 heavy (non-hydrogen) atoms. The number of nitrogens with one attached hydrogen (secondary N) is 1. The Labute approximate surface area is 130 Å². The highest BCUT2D eigenvalue weighted by Crippen LogP contribution is 2.32. The molecule has 0 unspecified atom stereocenters. The predicted octanol–water partition coefficient (Wildman–Crippen LogP) is 3.81. The van der Waals surface area contributed by atoms with Gasteiger partial charge in [-0.1, -0.05) is 18.2 Å². The maximum absolute atomic E-state index is 12.4. The fourth-order valence-electron chi connectivity index (χ4n) is 2.53. The number of hydrogen-bond acceptors (Lipinski definition) is 4. The minimum atomic E-state index is -0.00140. The van der Waals surface area contributed by atoms with Crippen LogP contribution >= 0.6 is 11.3 Å². The molecule has 0 amide bonds. The first-order chi connectivity index (χ1) is 10.8. The summed E-state index contributed by atoms with van der Waals surface area (Å²) >= 11 is 1.54. The van der Waals surface area contributed by atoms with Crippen LogP contribution < -0.4 is 10.2 Å². The number of H-pyrrole nitrogens is 1. The molecule has 4 nitrogen and oxygen atoms in total. The summed E-state index contributed by atoms with van der Waals surface area (Å²) in [6, 6.07) is 15.0. The average Bonchev–Trinajstić information content (AvgIpc) is 2.98. The third kappa shape index (κ3) is 1.98. The van der Waals surface area contributed by atoms with Crippen LogP contribution in [0, 0.1) is 0 Å². The highest BCUT2D eigenvalue weighted by atomic mass is 32.1. The Morgan fingerprint density at radius 2 is 1.95 bits per heavy atom. The quantitative estimate of drug-likeness (QED) is 0.612. The van der Waals surface area contributed by atoms with Crippen molar-refractivity contribution in [1.29, 1.82) is 0 Å². The molecule has 0 saturated carbocycles. The molecule has 1 N–H and O–H groups in total.